The number of fused-ring (bicyclic) bond motifs is 1. The van der Waals surface area contributed by atoms with Crippen LogP contribution in [0.4, 0.5) is 0 Å². The van der Waals surface area contributed by atoms with E-state index in [2.05, 4.69) is 5.32 Å². The molecule has 0 bridgehead atoms. The summed E-state index contributed by atoms with van der Waals surface area (Å²) in [5.74, 6) is 0.105. The molecule has 2 aliphatic rings. The highest BCUT2D eigenvalue weighted by Gasteiger charge is 2.56. The van der Waals surface area contributed by atoms with Crippen molar-refractivity contribution in [2.24, 2.45) is 0 Å². The number of β-lactam (4-membered cyclic amide) rings is 1. The first-order chi connectivity index (χ1) is 11.9. The number of carbonyl (C=O) groups is 2. The average Bonchev–Trinajstić information content (AvgIpc) is 3.11. The van der Waals surface area contributed by atoms with Crippen molar-refractivity contribution in [2.75, 3.05) is 20.0 Å². The van der Waals surface area contributed by atoms with Crippen LogP contribution >= 0.6 is 30.7 Å². The Morgan fingerprint density at radius 3 is 2.76 bits per heavy atom. The van der Waals surface area contributed by atoms with Crippen LogP contribution in [-0.2, 0) is 29.6 Å². The third-order valence-electron chi connectivity index (χ3n) is 4.10. The SMILES string of the molecule is COP(=O)(OC)C1=C(C)CS[C@@H]2[C@@H](NC(=O)Cc3cccs3)C(=O)N12. The fraction of sp³-hybridized carbons (Fsp3) is 0.467. The van der Waals surface area contributed by atoms with Crippen LogP contribution in [0, 0.1) is 0 Å². The summed E-state index contributed by atoms with van der Waals surface area (Å²) in [6.07, 6.45) is 0.245. The molecular weight excluding hydrogens is 383 g/mol. The minimum Gasteiger partial charge on any atom is -0.341 e. The summed E-state index contributed by atoms with van der Waals surface area (Å²) >= 11 is 3.03. The van der Waals surface area contributed by atoms with Crippen LogP contribution in [0.15, 0.2) is 28.5 Å². The molecule has 0 aromatic carbocycles. The summed E-state index contributed by atoms with van der Waals surface area (Å²) in [7, 11) is -0.944. The smallest absolute Gasteiger partial charge is 0.341 e. The highest BCUT2D eigenvalue weighted by molar-refractivity contribution is 8.00. The standard InChI is InChI=1S/C15H19N2O5PS2/c1-9-8-25-15-12(16-11(18)7-10-5-4-6-24-10)13(19)17(15)14(9)23(20,21-2)22-3/h4-6,12,15H,7-8H2,1-3H3,(H,16,18)/t12-,15+/m0/s1. The second-order valence-electron chi connectivity index (χ2n) is 5.68. The van der Waals surface area contributed by atoms with Crippen LogP contribution in [-0.4, -0.2) is 48.1 Å². The van der Waals surface area contributed by atoms with Crippen molar-refractivity contribution in [1.29, 1.82) is 0 Å². The summed E-state index contributed by atoms with van der Waals surface area (Å²) in [6.45, 7) is 1.80. The Bertz CT molecular complexity index is 756. The van der Waals surface area contributed by atoms with Gasteiger partial charge in [0.15, 0.2) is 0 Å². The lowest BCUT2D eigenvalue weighted by molar-refractivity contribution is -0.145. The fourth-order valence-corrected chi connectivity index (χ4v) is 6.59. The van der Waals surface area contributed by atoms with E-state index >= 15 is 0 Å². The first-order valence-corrected chi connectivity index (χ1v) is 11.1. The topological polar surface area (TPSA) is 84.9 Å². The predicted octanol–water partition coefficient (Wildman–Crippen LogP) is 2.41. The predicted molar refractivity (Wildman–Crippen MR) is 97.4 cm³/mol. The molecule has 1 N–H and O–H groups in total. The van der Waals surface area contributed by atoms with Gasteiger partial charge in [0.05, 0.1) is 6.42 Å². The van der Waals surface area contributed by atoms with Crippen LogP contribution in [0.25, 0.3) is 0 Å². The Kier molecular flexibility index (Phi) is 5.41. The molecule has 2 aliphatic heterocycles. The van der Waals surface area contributed by atoms with Crippen LogP contribution in [0.3, 0.4) is 0 Å². The fourth-order valence-electron chi connectivity index (χ4n) is 2.88. The lowest BCUT2D eigenvalue weighted by Crippen LogP contribution is -2.69. The Labute approximate surface area is 154 Å². The van der Waals surface area contributed by atoms with E-state index in [9.17, 15) is 14.2 Å². The molecule has 0 unspecified atom stereocenters. The molecule has 10 heteroatoms. The van der Waals surface area contributed by atoms with Gasteiger partial charge in [0.25, 0.3) is 5.91 Å². The molecule has 25 heavy (non-hydrogen) atoms. The maximum absolute atomic E-state index is 12.8. The highest BCUT2D eigenvalue weighted by Crippen LogP contribution is 2.61. The first kappa shape index (κ1) is 18.7. The number of amides is 2. The maximum atomic E-state index is 12.8. The van der Waals surface area contributed by atoms with Crippen molar-refractivity contribution in [3.05, 3.63) is 33.4 Å². The Morgan fingerprint density at radius 1 is 1.44 bits per heavy atom. The maximum Gasteiger partial charge on any atom is 0.377 e. The monoisotopic (exact) mass is 402 g/mol. The van der Waals surface area contributed by atoms with Crippen molar-refractivity contribution < 1.29 is 23.2 Å². The molecule has 0 spiro atoms. The van der Waals surface area contributed by atoms with Crippen molar-refractivity contribution in [3.63, 3.8) is 0 Å². The van der Waals surface area contributed by atoms with E-state index in [-0.39, 0.29) is 23.6 Å². The molecule has 1 aromatic rings. The minimum atomic E-state index is -3.54. The van der Waals surface area contributed by atoms with Gasteiger partial charge in [0.1, 0.15) is 16.9 Å². The van der Waals surface area contributed by atoms with E-state index < -0.39 is 13.6 Å². The third kappa shape index (κ3) is 3.31. The Balaban J connectivity index is 1.74. The number of rotatable bonds is 6. The van der Waals surface area contributed by atoms with Crippen molar-refractivity contribution in [1.82, 2.24) is 10.2 Å². The van der Waals surface area contributed by atoms with Crippen molar-refractivity contribution in [2.45, 2.75) is 24.8 Å². The number of hydrogen-bond donors (Lipinski definition) is 1. The van der Waals surface area contributed by atoms with Gasteiger partial charge in [0.2, 0.25) is 5.91 Å². The summed E-state index contributed by atoms with van der Waals surface area (Å²) in [5, 5.41) is 4.40. The van der Waals surface area contributed by atoms with Gasteiger partial charge in [-0.2, -0.15) is 0 Å². The van der Waals surface area contributed by atoms with Crippen molar-refractivity contribution >= 4 is 42.5 Å². The molecule has 0 saturated carbocycles. The number of nitrogens with zero attached hydrogens (tertiary/aromatic N) is 1. The molecule has 136 valence electrons. The van der Waals surface area contributed by atoms with Gasteiger partial charge in [-0.15, -0.1) is 23.1 Å². The minimum absolute atomic E-state index is 0.199. The second kappa shape index (κ2) is 7.25. The first-order valence-electron chi connectivity index (χ1n) is 7.59. The van der Waals surface area contributed by atoms with Gasteiger partial charge in [-0.25, -0.2) is 0 Å². The molecule has 1 aromatic heterocycles. The zero-order valence-corrected chi connectivity index (χ0v) is 16.6. The molecule has 3 heterocycles. The van der Waals surface area contributed by atoms with Gasteiger partial charge in [-0.3, -0.25) is 19.1 Å². The zero-order valence-electron chi connectivity index (χ0n) is 14.1. The van der Waals surface area contributed by atoms with Gasteiger partial charge in [-0.05, 0) is 23.9 Å². The number of hydrogen-bond acceptors (Lipinski definition) is 7. The van der Waals surface area contributed by atoms with Crippen LogP contribution in [0.2, 0.25) is 0 Å². The van der Waals surface area contributed by atoms with Gasteiger partial charge >= 0.3 is 7.60 Å². The normalized spacial score (nSPS) is 23.3. The molecule has 2 amide bonds. The molecule has 0 aliphatic carbocycles. The van der Waals surface area contributed by atoms with E-state index in [1.54, 1.807) is 6.92 Å². The summed E-state index contributed by atoms with van der Waals surface area (Å²) in [4.78, 5) is 27.2. The summed E-state index contributed by atoms with van der Waals surface area (Å²) in [5.41, 5.74) is 1.08. The summed E-state index contributed by atoms with van der Waals surface area (Å²) in [6, 6.07) is 3.14. The molecule has 1 saturated heterocycles. The molecular formula is C15H19N2O5PS2. The summed E-state index contributed by atoms with van der Waals surface area (Å²) < 4.78 is 22.9. The zero-order chi connectivity index (χ0) is 18.2. The number of thiophene rings is 1. The van der Waals surface area contributed by atoms with E-state index in [1.165, 1.54) is 42.2 Å². The molecule has 0 radical (unpaired) electrons. The third-order valence-corrected chi connectivity index (χ3v) is 8.47. The second-order valence-corrected chi connectivity index (χ2v) is 9.96. The van der Waals surface area contributed by atoms with E-state index in [0.717, 1.165) is 10.5 Å². The Morgan fingerprint density at radius 2 is 2.16 bits per heavy atom. The Hall–Kier alpha value is -1.12. The largest absolute Gasteiger partial charge is 0.377 e. The molecule has 3 rings (SSSR count). The lowest BCUT2D eigenvalue weighted by Gasteiger charge is -2.50. The molecule has 1 fully saturated rings. The quantitative estimate of drug-likeness (QED) is 0.581. The van der Waals surface area contributed by atoms with Crippen molar-refractivity contribution in [3.8, 4) is 0 Å². The van der Waals surface area contributed by atoms with E-state index in [4.69, 9.17) is 9.05 Å². The average molecular weight is 402 g/mol. The van der Waals surface area contributed by atoms with Gasteiger partial charge in [0, 0.05) is 24.8 Å². The van der Waals surface area contributed by atoms with Gasteiger partial charge < -0.3 is 14.4 Å². The molecule has 2 atom stereocenters. The number of thioether (sulfide) groups is 1. The number of carbonyl (C=O) groups excluding carboxylic acids is 2. The molecule has 7 nitrogen and oxygen atoms in total. The van der Waals surface area contributed by atoms with Crippen LogP contribution < -0.4 is 5.32 Å². The lowest BCUT2D eigenvalue weighted by atomic mass is 10.1. The number of nitrogens with one attached hydrogen (secondary N) is 1. The highest BCUT2D eigenvalue weighted by atomic mass is 32.2. The van der Waals surface area contributed by atoms with E-state index in [1.807, 2.05) is 17.5 Å². The van der Waals surface area contributed by atoms with E-state index in [0.29, 0.717) is 11.2 Å². The van der Waals surface area contributed by atoms with Gasteiger partial charge in [-0.1, -0.05) is 6.07 Å². The van der Waals surface area contributed by atoms with Crippen LogP contribution in [0.5, 0.6) is 0 Å². The van der Waals surface area contributed by atoms with Crippen LogP contribution in [0.1, 0.15) is 11.8 Å².